The molecule has 1 aromatic carbocycles. The van der Waals surface area contributed by atoms with Crippen molar-refractivity contribution in [2.45, 2.75) is 13.8 Å². The molecule has 0 radical (unpaired) electrons. The van der Waals surface area contributed by atoms with Gasteiger partial charge < -0.3 is 22.8 Å². The fourth-order valence-electron chi connectivity index (χ4n) is 2.61. The molecule has 0 amide bonds. The van der Waals surface area contributed by atoms with Gasteiger partial charge in [-0.15, -0.1) is 0 Å². The maximum Gasteiger partial charge on any atom is 0.367 e. The lowest BCUT2D eigenvalue weighted by molar-refractivity contribution is 0.263. The number of hydrogen-bond acceptors (Lipinski definition) is 6. The monoisotopic (exact) mass is 347 g/mol. The quantitative estimate of drug-likeness (QED) is 0.697. The first kappa shape index (κ1) is 17.7. The van der Waals surface area contributed by atoms with E-state index in [9.17, 15) is 4.57 Å². The van der Waals surface area contributed by atoms with Crippen molar-refractivity contribution in [3.8, 4) is 0 Å². The molecule has 8 heteroatoms. The summed E-state index contributed by atoms with van der Waals surface area (Å²) in [6, 6.07) is 7.66. The normalized spacial score (nSPS) is 17.0. The Morgan fingerprint density at radius 1 is 1.09 bits per heavy atom. The summed E-state index contributed by atoms with van der Waals surface area (Å²) in [6.07, 6.45) is 0. The molecule has 22 heavy (non-hydrogen) atoms. The van der Waals surface area contributed by atoms with Gasteiger partial charge >= 0.3 is 7.60 Å². The number of nitrogens with zero attached hydrogens (tertiary/aromatic N) is 1. The number of benzene rings is 1. The zero-order valence-electron chi connectivity index (χ0n) is 13.6. The van der Waals surface area contributed by atoms with Gasteiger partial charge in [0.25, 0.3) is 0 Å². The highest BCUT2D eigenvalue weighted by molar-refractivity contribution is 7.92. The first-order valence-corrected chi connectivity index (χ1v) is 10.2. The maximum absolute atomic E-state index is 13.2. The Kier molecular flexibility index (Phi) is 5.54. The molecule has 0 saturated carbocycles. The van der Waals surface area contributed by atoms with Gasteiger partial charge in [-0.2, -0.15) is 0 Å². The van der Waals surface area contributed by atoms with Crippen LogP contribution in [0.2, 0.25) is 0 Å². The van der Waals surface area contributed by atoms with Crippen LogP contribution in [0.4, 0.5) is 5.69 Å². The lowest BCUT2D eigenvalue weighted by atomic mass is 10.2. The summed E-state index contributed by atoms with van der Waals surface area (Å²) in [5.74, 6) is 0. The third-order valence-corrected chi connectivity index (χ3v) is 9.72. The van der Waals surface area contributed by atoms with Crippen molar-refractivity contribution >= 4 is 25.8 Å². The Morgan fingerprint density at radius 2 is 1.64 bits per heavy atom. The number of para-hydroxylation sites is 1. The van der Waals surface area contributed by atoms with Gasteiger partial charge in [0.1, 0.15) is 5.03 Å². The summed E-state index contributed by atoms with van der Waals surface area (Å²) >= 11 is 0. The van der Waals surface area contributed by atoms with Gasteiger partial charge in [0.2, 0.25) is 7.49 Å². The van der Waals surface area contributed by atoms with Gasteiger partial charge in [-0.1, -0.05) is 18.2 Å². The molecule has 0 aliphatic carbocycles. The van der Waals surface area contributed by atoms with Gasteiger partial charge in [0.05, 0.1) is 18.9 Å². The second-order valence-electron chi connectivity index (χ2n) is 4.58. The van der Waals surface area contributed by atoms with E-state index in [2.05, 4.69) is 0 Å². The van der Waals surface area contributed by atoms with Crippen LogP contribution in [0.25, 0.3) is 0 Å². The minimum atomic E-state index is -3.51. The van der Waals surface area contributed by atoms with Crippen molar-refractivity contribution in [3.05, 3.63) is 29.8 Å². The van der Waals surface area contributed by atoms with Crippen molar-refractivity contribution in [2.75, 3.05) is 39.2 Å². The molecule has 2 rings (SSSR count). The van der Waals surface area contributed by atoms with E-state index in [4.69, 9.17) is 18.1 Å². The van der Waals surface area contributed by atoms with Crippen LogP contribution in [-0.2, 0) is 22.7 Å². The highest BCUT2D eigenvalue weighted by Crippen LogP contribution is 2.71. The Balaban J connectivity index is 2.85. The topological polar surface area (TPSA) is 57.2 Å². The first-order valence-electron chi connectivity index (χ1n) is 7.12. The van der Waals surface area contributed by atoms with Crippen molar-refractivity contribution in [2.24, 2.45) is 0 Å². The average Bonchev–Trinajstić information content (AvgIpc) is 2.78. The van der Waals surface area contributed by atoms with E-state index < -0.39 is 15.1 Å². The van der Waals surface area contributed by atoms with Crippen LogP contribution in [0, 0.1) is 0 Å². The minimum Gasteiger partial charge on any atom is -0.321 e. The van der Waals surface area contributed by atoms with E-state index in [0.717, 1.165) is 11.3 Å². The summed E-state index contributed by atoms with van der Waals surface area (Å²) in [6.45, 7) is 4.64. The Morgan fingerprint density at radius 3 is 2.14 bits per heavy atom. The molecule has 0 aromatic heterocycles. The molecule has 0 atom stereocenters. The second kappa shape index (κ2) is 6.88. The third kappa shape index (κ3) is 2.58. The Hall–Kier alpha value is -0.610. The van der Waals surface area contributed by atoms with E-state index in [1.54, 1.807) is 0 Å². The summed E-state index contributed by atoms with van der Waals surface area (Å²) < 4.78 is 37.7. The van der Waals surface area contributed by atoms with E-state index in [0.29, 0.717) is 18.2 Å². The molecule has 124 valence electrons. The van der Waals surface area contributed by atoms with Gasteiger partial charge in [-0.3, -0.25) is 4.57 Å². The summed E-state index contributed by atoms with van der Waals surface area (Å²) in [5.41, 5.74) is 1.70. The predicted octanol–water partition coefficient (Wildman–Crippen LogP) is 3.94. The standard InChI is InChI=1S/C14H23NO5P2/c1-6-19-21(20-7-2)14(22(16,17-4)18-5)12-10-8-9-11-13(12)15(21)3/h8-11H,6-7H2,1-5H3. The van der Waals surface area contributed by atoms with Crippen LogP contribution in [-0.4, -0.2) is 39.5 Å². The lowest BCUT2D eigenvalue weighted by Gasteiger charge is -2.33. The number of fused-ring (bicyclic) bond motifs is 1. The minimum absolute atomic E-state index is 0.434. The van der Waals surface area contributed by atoms with Gasteiger partial charge in [0, 0.05) is 26.8 Å². The van der Waals surface area contributed by atoms with Crippen LogP contribution in [0.5, 0.6) is 0 Å². The maximum atomic E-state index is 13.2. The second-order valence-corrected chi connectivity index (χ2v) is 9.71. The molecular weight excluding hydrogens is 324 g/mol. The summed E-state index contributed by atoms with van der Waals surface area (Å²) in [7, 11) is -1.60. The fourth-order valence-corrected chi connectivity index (χ4v) is 8.67. The Bertz CT molecular complexity index is 628. The van der Waals surface area contributed by atoms with Crippen LogP contribution in [0.15, 0.2) is 24.3 Å². The van der Waals surface area contributed by atoms with Crippen LogP contribution < -0.4 is 4.67 Å². The molecule has 0 N–H and O–H groups in total. The van der Waals surface area contributed by atoms with Crippen molar-refractivity contribution < 1.29 is 22.7 Å². The average molecular weight is 347 g/mol. The smallest absolute Gasteiger partial charge is 0.321 e. The third-order valence-electron chi connectivity index (χ3n) is 3.50. The Labute approximate surface area is 132 Å². The highest BCUT2D eigenvalue weighted by Gasteiger charge is 2.48. The SMILES string of the molecule is CCOP1(OCC)=C(P(=O)(OC)OC)c2ccccc2N1C. The van der Waals surface area contributed by atoms with E-state index in [1.807, 2.05) is 49.8 Å². The molecule has 1 heterocycles. The van der Waals surface area contributed by atoms with E-state index in [1.165, 1.54) is 14.2 Å². The number of hydrogen-bond donors (Lipinski definition) is 0. The zero-order valence-corrected chi connectivity index (χ0v) is 15.4. The van der Waals surface area contributed by atoms with Crippen molar-refractivity contribution in [3.63, 3.8) is 0 Å². The summed E-state index contributed by atoms with van der Waals surface area (Å²) in [4.78, 5) is 0. The van der Waals surface area contributed by atoms with Gasteiger partial charge in [-0.25, -0.2) is 0 Å². The highest BCUT2D eigenvalue weighted by atomic mass is 31.2. The predicted molar refractivity (Wildman–Crippen MR) is 90.8 cm³/mol. The largest absolute Gasteiger partial charge is 0.367 e. The van der Waals surface area contributed by atoms with Crippen LogP contribution >= 0.6 is 15.1 Å². The zero-order chi connectivity index (χ0) is 16.4. The van der Waals surface area contributed by atoms with E-state index >= 15 is 0 Å². The number of anilines is 1. The molecular formula is C14H23NO5P2. The van der Waals surface area contributed by atoms with Crippen LogP contribution in [0.1, 0.15) is 19.4 Å². The molecule has 1 aromatic rings. The molecule has 0 unspecified atom stereocenters. The molecule has 0 saturated heterocycles. The number of rotatable bonds is 7. The molecule has 1 aliphatic heterocycles. The molecule has 0 bridgehead atoms. The molecule has 0 fully saturated rings. The molecule has 0 spiro atoms. The van der Waals surface area contributed by atoms with E-state index in [-0.39, 0.29) is 0 Å². The lowest BCUT2D eigenvalue weighted by Crippen LogP contribution is -2.18. The van der Waals surface area contributed by atoms with Gasteiger partial charge in [-0.05, 0) is 19.9 Å². The van der Waals surface area contributed by atoms with Crippen LogP contribution in [0.3, 0.4) is 0 Å². The van der Waals surface area contributed by atoms with Gasteiger partial charge in [0.15, 0.2) is 0 Å². The first-order chi connectivity index (χ1) is 10.5. The molecule has 6 nitrogen and oxygen atoms in total. The van der Waals surface area contributed by atoms with Crippen molar-refractivity contribution in [1.82, 2.24) is 0 Å². The molecule has 1 aliphatic rings. The van der Waals surface area contributed by atoms with Crippen molar-refractivity contribution in [1.29, 1.82) is 0 Å². The fraction of sp³-hybridized carbons (Fsp3) is 0.500. The summed E-state index contributed by atoms with van der Waals surface area (Å²) in [5, 5.41) is 0.492.